The third-order valence-corrected chi connectivity index (χ3v) is 6.53. The summed E-state index contributed by atoms with van der Waals surface area (Å²) in [4.78, 5) is 0. The second-order valence-electron chi connectivity index (χ2n) is 6.50. The van der Waals surface area contributed by atoms with Crippen LogP contribution in [0.2, 0.25) is 0 Å². The van der Waals surface area contributed by atoms with E-state index >= 15 is 0 Å². The molecule has 72 valence electrons. The van der Waals surface area contributed by atoms with E-state index in [-0.39, 0.29) is 0 Å². The van der Waals surface area contributed by atoms with E-state index in [1.165, 1.54) is 17.8 Å². The van der Waals surface area contributed by atoms with Gasteiger partial charge in [0.2, 0.25) is 0 Å². The third-order valence-electron chi connectivity index (χ3n) is 6.53. The molecular weight excluding hydrogens is 156 g/mol. The third kappa shape index (κ3) is 0.649. The molecule has 0 heterocycles. The van der Waals surface area contributed by atoms with Crippen molar-refractivity contribution in [2.24, 2.45) is 35.0 Å². The first kappa shape index (κ1) is 7.31. The van der Waals surface area contributed by atoms with Crippen molar-refractivity contribution in [1.29, 1.82) is 0 Å². The largest absolute Gasteiger partial charge is 0.0588 e. The SMILES string of the molecule is CC12C3CC4CC[C@@H]4CC1CC2C3. The monoisotopic (exact) mass is 176 g/mol. The molecule has 6 atom stereocenters. The highest BCUT2D eigenvalue weighted by atomic mass is 14.7. The van der Waals surface area contributed by atoms with Gasteiger partial charge in [-0.3, -0.25) is 0 Å². The summed E-state index contributed by atoms with van der Waals surface area (Å²) >= 11 is 0. The van der Waals surface area contributed by atoms with Gasteiger partial charge in [-0.15, -0.1) is 0 Å². The lowest BCUT2D eigenvalue weighted by molar-refractivity contribution is -0.183. The fourth-order valence-corrected chi connectivity index (χ4v) is 5.17. The van der Waals surface area contributed by atoms with Crippen molar-refractivity contribution in [3.63, 3.8) is 0 Å². The Kier molecular flexibility index (Phi) is 1.12. The molecule has 0 N–H and O–H groups in total. The summed E-state index contributed by atoms with van der Waals surface area (Å²) < 4.78 is 0. The molecule has 0 bridgehead atoms. The minimum atomic E-state index is 0.858. The van der Waals surface area contributed by atoms with Crippen LogP contribution in [-0.4, -0.2) is 0 Å². The van der Waals surface area contributed by atoms with Gasteiger partial charge in [-0.2, -0.15) is 0 Å². The summed E-state index contributed by atoms with van der Waals surface area (Å²) in [7, 11) is 0. The van der Waals surface area contributed by atoms with Crippen molar-refractivity contribution in [3.8, 4) is 0 Å². The summed E-state index contributed by atoms with van der Waals surface area (Å²) in [5, 5.41) is 0. The Bertz CT molecular complexity index is 233. The van der Waals surface area contributed by atoms with Crippen molar-refractivity contribution < 1.29 is 0 Å². The number of hydrogen-bond donors (Lipinski definition) is 0. The minimum Gasteiger partial charge on any atom is -0.0588 e. The van der Waals surface area contributed by atoms with E-state index in [0.29, 0.717) is 0 Å². The Morgan fingerprint density at radius 1 is 0.769 bits per heavy atom. The normalized spacial score (nSPS) is 67.6. The van der Waals surface area contributed by atoms with Crippen LogP contribution in [0.1, 0.15) is 45.4 Å². The summed E-state index contributed by atoms with van der Waals surface area (Å²) in [6.45, 7) is 2.62. The topological polar surface area (TPSA) is 0 Å². The molecule has 0 radical (unpaired) electrons. The average molecular weight is 176 g/mol. The predicted molar refractivity (Wildman–Crippen MR) is 53.3 cm³/mol. The highest BCUT2D eigenvalue weighted by Crippen LogP contribution is 2.73. The maximum atomic E-state index is 2.62. The lowest BCUT2D eigenvalue weighted by Crippen LogP contribution is -2.60. The maximum absolute atomic E-state index is 2.62. The van der Waals surface area contributed by atoms with Crippen LogP contribution < -0.4 is 0 Å². The summed E-state index contributed by atoms with van der Waals surface area (Å²) in [6, 6.07) is 0. The standard InChI is InChI=1S/C13H20/c1-13-10-4-8-2-3-9(8)5-11(13)7-12(13)6-10/h8-12H,2-7H2,1H3/t8-,9?,10?,11?,12?,13?/m1/s1. The fraction of sp³-hybridized carbons (Fsp3) is 1.00. The Hall–Kier alpha value is 0. The predicted octanol–water partition coefficient (Wildman–Crippen LogP) is 3.47. The van der Waals surface area contributed by atoms with Gasteiger partial charge in [-0.25, -0.2) is 0 Å². The molecule has 0 aromatic heterocycles. The Morgan fingerprint density at radius 2 is 1.23 bits per heavy atom. The molecule has 0 amide bonds. The molecule has 4 aliphatic rings. The zero-order chi connectivity index (χ0) is 8.63. The molecule has 4 aliphatic carbocycles. The summed E-state index contributed by atoms with van der Waals surface area (Å²) in [6.07, 6.45) is 9.61. The highest BCUT2D eigenvalue weighted by Gasteiger charge is 2.65. The number of rotatable bonds is 0. The van der Waals surface area contributed by atoms with Crippen LogP contribution in [0.15, 0.2) is 0 Å². The van der Waals surface area contributed by atoms with Crippen molar-refractivity contribution in [1.82, 2.24) is 0 Å². The van der Waals surface area contributed by atoms with Gasteiger partial charge in [0.1, 0.15) is 0 Å². The second kappa shape index (κ2) is 1.99. The van der Waals surface area contributed by atoms with E-state index in [0.717, 1.165) is 17.3 Å². The van der Waals surface area contributed by atoms with Crippen LogP contribution in [0, 0.1) is 35.0 Å². The quantitative estimate of drug-likeness (QED) is 0.530. The van der Waals surface area contributed by atoms with Gasteiger partial charge >= 0.3 is 0 Å². The van der Waals surface area contributed by atoms with Crippen molar-refractivity contribution in [2.45, 2.75) is 45.4 Å². The van der Waals surface area contributed by atoms with Crippen LogP contribution in [0.4, 0.5) is 0 Å². The van der Waals surface area contributed by atoms with Crippen molar-refractivity contribution in [3.05, 3.63) is 0 Å². The molecule has 0 spiro atoms. The van der Waals surface area contributed by atoms with E-state index in [9.17, 15) is 0 Å². The molecule has 4 fully saturated rings. The zero-order valence-electron chi connectivity index (χ0n) is 8.63. The Morgan fingerprint density at radius 3 is 1.62 bits per heavy atom. The molecule has 0 aliphatic heterocycles. The van der Waals surface area contributed by atoms with Gasteiger partial charge in [0.15, 0.2) is 0 Å². The first-order valence-corrected chi connectivity index (χ1v) is 6.28. The Balaban J connectivity index is 1.68. The molecule has 4 saturated carbocycles. The zero-order valence-corrected chi connectivity index (χ0v) is 8.63. The second-order valence-corrected chi connectivity index (χ2v) is 6.50. The van der Waals surface area contributed by atoms with Crippen LogP contribution in [0.5, 0.6) is 0 Å². The molecule has 4 rings (SSSR count). The van der Waals surface area contributed by atoms with Crippen molar-refractivity contribution >= 4 is 0 Å². The number of hydrogen-bond acceptors (Lipinski definition) is 0. The fourth-order valence-electron chi connectivity index (χ4n) is 5.17. The van der Waals surface area contributed by atoms with Gasteiger partial charge < -0.3 is 0 Å². The summed E-state index contributed by atoms with van der Waals surface area (Å²) in [5.74, 6) is 5.83. The van der Waals surface area contributed by atoms with E-state index in [1.54, 1.807) is 38.5 Å². The first-order chi connectivity index (χ1) is 6.28. The van der Waals surface area contributed by atoms with Gasteiger partial charge in [-0.05, 0) is 73.5 Å². The lowest BCUT2D eigenvalue weighted by Gasteiger charge is -2.67. The van der Waals surface area contributed by atoms with Crippen LogP contribution >= 0.6 is 0 Å². The van der Waals surface area contributed by atoms with Gasteiger partial charge in [0, 0.05) is 0 Å². The molecule has 0 aromatic carbocycles. The van der Waals surface area contributed by atoms with Crippen molar-refractivity contribution in [2.75, 3.05) is 0 Å². The highest BCUT2D eigenvalue weighted by molar-refractivity contribution is 5.14. The van der Waals surface area contributed by atoms with Crippen LogP contribution in [0.25, 0.3) is 0 Å². The maximum Gasteiger partial charge on any atom is -0.0240 e. The van der Waals surface area contributed by atoms with Gasteiger partial charge in [0.25, 0.3) is 0 Å². The van der Waals surface area contributed by atoms with Gasteiger partial charge in [-0.1, -0.05) is 6.92 Å². The molecule has 13 heavy (non-hydrogen) atoms. The number of fused-ring (bicyclic) bond motifs is 1. The molecule has 5 unspecified atom stereocenters. The van der Waals surface area contributed by atoms with E-state index < -0.39 is 0 Å². The molecule has 0 nitrogen and oxygen atoms in total. The smallest absolute Gasteiger partial charge is 0.0240 e. The summed E-state index contributed by atoms with van der Waals surface area (Å²) in [5.41, 5.74) is 0.858. The van der Waals surface area contributed by atoms with Crippen LogP contribution in [-0.2, 0) is 0 Å². The first-order valence-electron chi connectivity index (χ1n) is 6.28. The minimum absolute atomic E-state index is 0.858. The molecule has 0 aromatic rings. The lowest BCUT2D eigenvalue weighted by atomic mass is 9.38. The average Bonchev–Trinajstić information content (AvgIpc) is 2.18. The molecule has 0 saturated heterocycles. The van der Waals surface area contributed by atoms with Crippen LogP contribution in [0.3, 0.4) is 0 Å². The molecule has 0 heteroatoms. The molecular formula is C13H20. The van der Waals surface area contributed by atoms with E-state index in [4.69, 9.17) is 0 Å². The van der Waals surface area contributed by atoms with E-state index in [1.807, 2.05) is 0 Å². The Labute approximate surface area is 81.1 Å². The van der Waals surface area contributed by atoms with Gasteiger partial charge in [0.05, 0.1) is 0 Å². The van der Waals surface area contributed by atoms with E-state index in [2.05, 4.69) is 6.92 Å².